The van der Waals surface area contributed by atoms with Crippen molar-refractivity contribution in [3.8, 4) is 0 Å². The van der Waals surface area contributed by atoms with E-state index in [9.17, 15) is 23.1 Å². The molecule has 9 heteroatoms. The number of fused-ring (bicyclic) bond motifs is 1. The Balaban J connectivity index is 0.00000408. The number of carbonyl (C=O) groups excluding carboxylic acids is 1. The third-order valence-electron chi connectivity index (χ3n) is 6.32. The molecule has 0 N–H and O–H groups in total. The van der Waals surface area contributed by atoms with Crippen LogP contribution >= 0.6 is 0 Å². The minimum Gasteiger partial charge on any atom is -0.876 e. The standard InChI is InChI=1S/C25H34F3N3O2.Na/c1-2-3-4-5-6-7-8-9-10-11-15-30-16-14-19-17-20(12-13-22(19)30)31-23(33)21(18-32)29-24(31)25(26,27)28;/h12-13,17-18,32H,2-11,14-16H2,1H3;/q;+1/p-1/b21-18+;. The third kappa shape index (κ3) is 7.25. The number of rotatable bonds is 12. The van der Waals surface area contributed by atoms with Gasteiger partial charge in [0.1, 0.15) is 5.70 Å². The average molecular weight is 488 g/mol. The summed E-state index contributed by atoms with van der Waals surface area (Å²) in [6, 6.07) is 4.89. The molecule has 2 aliphatic heterocycles. The van der Waals surface area contributed by atoms with Gasteiger partial charge in [0.05, 0.1) is 5.69 Å². The summed E-state index contributed by atoms with van der Waals surface area (Å²) >= 11 is 0. The predicted octanol–water partition coefficient (Wildman–Crippen LogP) is 2.48. The van der Waals surface area contributed by atoms with Gasteiger partial charge in [-0.1, -0.05) is 64.7 Å². The van der Waals surface area contributed by atoms with Crippen LogP contribution in [0.15, 0.2) is 35.2 Å². The van der Waals surface area contributed by atoms with Crippen molar-refractivity contribution < 1.29 is 52.6 Å². The normalized spacial score (nSPS) is 16.8. The number of carbonyl (C=O) groups is 1. The number of aliphatic imine (C=N–C) groups is 1. The number of nitrogens with zero attached hydrogens (tertiary/aromatic N) is 3. The summed E-state index contributed by atoms with van der Waals surface area (Å²) in [5, 5.41) is 11.0. The molecule has 0 bridgehead atoms. The van der Waals surface area contributed by atoms with E-state index in [1.165, 1.54) is 63.9 Å². The van der Waals surface area contributed by atoms with Gasteiger partial charge >= 0.3 is 35.7 Å². The molecular formula is C25H33F3N3NaO2. The minimum atomic E-state index is -4.83. The Labute approximate surface area is 222 Å². The van der Waals surface area contributed by atoms with Crippen LogP contribution in [0.4, 0.5) is 24.5 Å². The topological polar surface area (TPSA) is 59.0 Å². The van der Waals surface area contributed by atoms with E-state index in [2.05, 4.69) is 16.8 Å². The van der Waals surface area contributed by atoms with E-state index in [0.717, 1.165) is 30.8 Å². The van der Waals surface area contributed by atoms with E-state index in [4.69, 9.17) is 0 Å². The van der Waals surface area contributed by atoms with Crippen LogP contribution in [0.1, 0.15) is 76.7 Å². The summed E-state index contributed by atoms with van der Waals surface area (Å²) in [7, 11) is 0. The first-order valence-corrected chi connectivity index (χ1v) is 12.1. The van der Waals surface area contributed by atoms with Gasteiger partial charge in [-0.05, 0) is 36.6 Å². The number of hydrogen-bond acceptors (Lipinski definition) is 4. The summed E-state index contributed by atoms with van der Waals surface area (Å²) in [4.78, 5) is 18.3. The fourth-order valence-electron chi connectivity index (χ4n) is 4.55. The summed E-state index contributed by atoms with van der Waals surface area (Å²) < 4.78 is 40.1. The molecule has 3 rings (SSSR count). The van der Waals surface area contributed by atoms with Gasteiger partial charge in [0.15, 0.2) is 0 Å². The number of halogens is 3. The number of amidine groups is 1. The van der Waals surface area contributed by atoms with Gasteiger partial charge < -0.3 is 10.0 Å². The number of hydrogen-bond donors (Lipinski definition) is 0. The zero-order valence-electron chi connectivity index (χ0n) is 20.3. The molecule has 0 aromatic heterocycles. The van der Waals surface area contributed by atoms with E-state index in [0.29, 0.717) is 11.3 Å². The zero-order chi connectivity index (χ0) is 23.8. The average Bonchev–Trinajstić information content (AvgIpc) is 3.35. The van der Waals surface area contributed by atoms with Gasteiger partial charge in [-0.25, -0.2) is 4.99 Å². The number of anilines is 2. The summed E-state index contributed by atoms with van der Waals surface area (Å²) in [5.41, 5.74) is 1.28. The molecular weight excluding hydrogens is 454 g/mol. The van der Waals surface area contributed by atoms with Crippen LogP contribution in [-0.4, -0.2) is 31.0 Å². The molecule has 2 heterocycles. The van der Waals surface area contributed by atoms with E-state index >= 15 is 0 Å². The fourth-order valence-corrected chi connectivity index (χ4v) is 4.55. The van der Waals surface area contributed by atoms with Gasteiger partial charge in [-0.2, -0.15) is 13.2 Å². The minimum absolute atomic E-state index is 0. The molecule has 5 nitrogen and oxygen atoms in total. The first-order chi connectivity index (χ1) is 15.9. The van der Waals surface area contributed by atoms with Crippen LogP contribution in [0.25, 0.3) is 0 Å². The quantitative estimate of drug-likeness (QED) is 0.197. The van der Waals surface area contributed by atoms with E-state index in [-0.39, 0.29) is 41.5 Å². The van der Waals surface area contributed by atoms with Gasteiger partial charge in [0.2, 0.25) is 5.84 Å². The molecule has 0 saturated heterocycles. The van der Waals surface area contributed by atoms with Crippen LogP contribution in [0.2, 0.25) is 0 Å². The number of amides is 1. The second-order valence-electron chi connectivity index (χ2n) is 8.81. The van der Waals surface area contributed by atoms with Crippen molar-refractivity contribution in [1.29, 1.82) is 0 Å². The Bertz CT molecular complexity index is 887. The third-order valence-corrected chi connectivity index (χ3v) is 6.32. The van der Waals surface area contributed by atoms with Gasteiger partial charge in [-0.15, -0.1) is 6.26 Å². The summed E-state index contributed by atoms with van der Waals surface area (Å²) in [6.45, 7) is 3.97. The first-order valence-electron chi connectivity index (χ1n) is 12.1. The van der Waals surface area contributed by atoms with Crippen molar-refractivity contribution in [2.45, 2.75) is 83.7 Å². The Kier molecular flexibility index (Phi) is 11.4. The van der Waals surface area contributed by atoms with E-state index in [1.54, 1.807) is 12.1 Å². The Morgan fingerprint density at radius 2 is 1.65 bits per heavy atom. The molecule has 1 aromatic carbocycles. The Morgan fingerprint density at radius 1 is 1.03 bits per heavy atom. The summed E-state index contributed by atoms with van der Waals surface area (Å²) in [5.74, 6) is -2.41. The van der Waals surface area contributed by atoms with Gasteiger partial charge in [0.25, 0.3) is 5.91 Å². The number of benzene rings is 1. The van der Waals surface area contributed by atoms with Gasteiger partial charge in [0, 0.05) is 18.8 Å². The van der Waals surface area contributed by atoms with Crippen molar-refractivity contribution >= 4 is 23.1 Å². The molecule has 0 aliphatic carbocycles. The molecule has 0 atom stereocenters. The monoisotopic (exact) mass is 487 g/mol. The molecule has 2 aliphatic rings. The number of alkyl halides is 3. The van der Waals surface area contributed by atoms with Crippen molar-refractivity contribution in [2.24, 2.45) is 4.99 Å². The van der Waals surface area contributed by atoms with Crippen LogP contribution in [0.3, 0.4) is 0 Å². The molecule has 0 fully saturated rings. The molecule has 0 spiro atoms. The maximum Gasteiger partial charge on any atom is 1.00 e. The maximum atomic E-state index is 13.4. The SMILES string of the molecule is CCCCCCCCCCCCN1CCc2cc(N3C(=O)/C(=C\[O-])N=C3C(F)(F)F)ccc21.[Na+]. The van der Waals surface area contributed by atoms with E-state index < -0.39 is 23.6 Å². The van der Waals surface area contributed by atoms with Crippen molar-refractivity contribution in [3.63, 3.8) is 0 Å². The largest absolute Gasteiger partial charge is 1.00 e. The predicted molar refractivity (Wildman–Crippen MR) is 123 cm³/mol. The van der Waals surface area contributed by atoms with Crippen LogP contribution in [-0.2, 0) is 11.2 Å². The first kappa shape index (κ1) is 28.7. The molecule has 34 heavy (non-hydrogen) atoms. The fraction of sp³-hybridized carbons (Fsp3) is 0.600. The Morgan fingerprint density at radius 3 is 2.24 bits per heavy atom. The second-order valence-corrected chi connectivity index (χ2v) is 8.81. The van der Waals surface area contributed by atoms with Crippen LogP contribution in [0, 0.1) is 0 Å². The zero-order valence-corrected chi connectivity index (χ0v) is 22.3. The Hall–Kier alpha value is -1.51. The number of unbranched alkanes of at least 4 members (excludes halogenated alkanes) is 9. The molecule has 0 saturated carbocycles. The van der Waals surface area contributed by atoms with Crippen LogP contribution in [0.5, 0.6) is 0 Å². The molecule has 0 radical (unpaired) electrons. The second kappa shape index (κ2) is 13.5. The van der Waals surface area contributed by atoms with E-state index in [1.807, 2.05) is 0 Å². The smallest absolute Gasteiger partial charge is 0.876 e. The molecule has 0 unspecified atom stereocenters. The van der Waals surface area contributed by atoms with Crippen molar-refractivity contribution in [1.82, 2.24) is 0 Å². The van der Waals surface area contributed by atoms with Crippen molar-refractivity contribution in [2.75, 3.05) is 22.9 Å². The molecule has 182 valence electrons. The van der Waals surface area contributed by atoms with Gasteiger partial charge in [-0.3, -0.25) is 9.69 Å². The van der Waals surface area contributed by atoms with Crippen molar-refractivity contribution in [3.05, 3.63) is 35.7 Å². The molecule has 1 amide bonds. The summed E-state index contributed by atoms with van der Waals surface area (Å²) in [6.07, 6.45) is 8.66. The maximum absolute atomic E-state index is 13.4. The molecule has 1 aromatic rings. The van der Waals surface area contributed by atoms with Crippen LogP contribution < -0.4 is 44.5 Å².